The number of hydrogen-bond acceptors (Lipinski definition) is 4. The third kappa shape index (κ3) is 2.49. The Balaban J connectivity index is 2.11. The molecule has 1 saturated carbocycles. The van der Waals surface area contributed by atoms with E-state index >= 15 is 0 Å². The summed E-state index contributed by atoms with van der Waals surface area (Å²) >= 11 is 0. The zero-order valence-electron chi connectivity index (χ0n) is 10.2. The monoisotopic (exact) mass is 252 g/mol. The van der Waals surface area contributed by atoms with E-state index in [9.17, 15) is 14.9 Å². The van der Waals surface area contributed by atoms with Crippen LogP contribution in [0.3, 0.4) is 0 Å². The lowest BCUT2D eigenvalue weighted by Crippen LogP contribution is -2.36. The van der Waals surface area contributed by atoms with Gasteiger partial charge in [0.15, 0.2) is 0 Å². The summed E-state index contributed by atoms with van der Waals surface area (Å²) in [7, 11) is 0. The molecule has 0 radical (unpaired) electrons. The highest BCUT2D eigenvalue weighted by Gasteiger charge is 2.28. The summed E-state index contributed by atoms with van der Waals surface area (Å²) in [4.78, 5) is 22.2. The van der Waals surface area contributed by atoms with Crippen LogP contribution in [0.25, 0.3) is 0 Å². The first kappa shape index (κ1) is 12.5. The molecule has 7 nitrogen and oxygen atoms in total. The van der Waals surface area contributed by atoms with Crippen LogP contribution < -0.4 is 5.32 Å². The summed E-state index contributed by atoms with van der Waals surface area (Å²) in [6.07, 6.45) is 5.24. The molecule has 1 aliphatic rings. The minimum absolute atomic E-state index is 0.114. The van der Waals surface area contributed by atoms with Crippen LogP contribution in [0.1, 0.15) is 48.3 Å². The van der Waals surface area contributed by atoms with Crippen molar-refractivity contribution in [3.63, 3.8) is 0 Å². The first-order valence-electron chi connectivity index (χ1n) is 6.10. The van der Waals surface area contributed by atoms with Crippen LogP contribution in [0.5, 0.6) is 0 Å². The number of carbonyl (C=O) groups excluding carboxylic acids is 1. The second kappa shape index (κ2) is 5.16. The standard InChI is InChI=1S/C11H16N4O3/c1-7-10(15(17)18)9(14-13-7)11(16)12-8-5-3-2-4-6-8/h8H,2-6H2,1H3,(H,12,16)(H,13,14). The molecular formula is C11H16N4O3. The van der Waals surface area contributed by atoms with Crippen molar-refractivity contribution in [1.82, 2.24) is 15.5 Å². The van der Waals surface area contributed by atoms with Crippen LogP contribution in [0.4, 0.5) is 5.69 Å². The van der Waals surface area contributed by atoms with Gasteiger partial charge in [0.05, 0.1) is 4.92 Å². The molecule has 0 unspecified atom stereocenters. The number of nitro groups is 1. The van der Waals surface area contributed by atoms with E-state index in [0.29, 0.717) is 5.69 Å². The van der Waals surface area contributed by atoms with Gasteiger partial charge >= 0.3 is 5.69 Å². The summed E-state index contributed by atoms with van der Waals surface area (Å²) in [6, 6.07) is 0.114. The van der Waals surface area contributed by atoms with Crippen LogP contribution in [-0.2, 0) is 0 Å². The Bertz CT molecular complexity index is 463. The Morgan fingerprint density at radius 3 is 2.72 bits per heavy atom. The number of rotatable bonds is 3. The maximum absolute atomic E-state index is 12.0. The highest BCUT2D eigenvalue weighted by Crippen LogP contribution is 2.22. The second-order valence-electron chi connectivity index (χ2n) is 4.61. The molecule has 2 N–H and O–H groups in total. The molecule has 0 saturated heterocycles. The molecule has 0 aromatic carbocycles. The number of carbonyl (C=O) groups is 1. The number of nitrogens with zero attached hydrogens (tertiary/aromatic N) is 2. The van der Waals surface area contributed by atoms with Gasteiger partial charge in [-0.05, 0) is 19.8 Å². The molecule has 1 fully saturated rings. The van der Waals surface area contributed by atoms with Gasteiger partial charge in [-0.2, -0.15) is 5.10 Å². The van der Waals surface area contributed by atoms with Gasteiger partial charge < -0.3 is 5.32 Å². The van der Waals surface area contributed by atoms with Crippen molar-refractivity contribution in [3.05, 3.63) is 21.5 Å². The Morgan fingerprint density at radius 2 is 2.11 bits per heavy atom. The molecule has 1 aromatic heterocycles. The zero-order valence-corrected chi connectivity index (χ0v) is 10.2. The molecule has 2 rings (SSSR count). The smallest absolute Gasteiger partial charge is 0.322 e. The van der Waals surface area contributed by atoms with Crippen LogP contribution in [0.2, 0.25) is 0 Å². The molecule has 1 amide bonds. The van der Waals surface area contributed by atoms with E-state index in [0.717, 1.165) is 25.7 Å². The molecule has 98 valence electrons. The fourth-order valence-electron chi connectivity index (χ4n) is 2.31. The largest absolute Gasteiger partial charge is 0.348 e. The summed E-state index contributed by atoms with van der Waals surface area (Å²) in [5.41, 5.74) is -0.0554. The number of hydrogen-bond donors (Lipinski definition) is 2. The minimum Gasteiger partial charge on any atom is -0.348 e. The lowest BCUT2D eigenvalue weighted by molar-refractivity contribution is -0.385. The van der Waals surface area contributed by atoms with E-state index in [4.69, 9.17) is 0 Å². The molecule has 7 heteroatoms. The molecule has 18 heavy (non-hydrogen) atoms. The van der Waals surface area contributed by atoms with E-state index in [1.165, 1.54) is 13.3 Å². The first-order valence-corrected chi connectivity index (χ1v) is 6.10. The molecular weight excluding hydrogens is 236 g/mol. The Labute approximate surface area is 104 Å². The van der Waals surface area contributed by atoms with Gasteiger partial charge in [-0.15, -0.1) is 0 Å². The van der Waals surface area contributed by atoms with E-state index in [1.54, 1.807) is 0 Å². The number of nitrogens with one attached hydrogen (secondary N) is 2. The fourth-order valence-corrected chi connectivity index (χ4v) is 2.31. The van der Waals surface area contributed by atoms with Crippen LogP contribution in [-0.4, -0.2) is 27.1 Å². The normalized spacial score (nSPS) is 16.5. The van der Waals surface area contributed by atoms with Gasteiger partial charge in [-0.3, -0.25) is 20.0 Å². The Morgan fingerprint density at radius 1 is 1.44 bits per heavy atom. The van der Waals surface area contributed by atoms with Gasteiger partial charge in [0, 0.05) is 6.04 Å². The summed E-state index contributed by atoms with van der Waals surface area (Å²) in [5, 5.41) is 19.9. The van der Waals surface area contributed by atoms with Gasteiger partial charge in [0.2, 0.25) is 5.69 Å². The minimum atomic E-state index is -0.575. The molecule has 0 aliphatic heterocycles. The number of aromatic nitrogens is 2. The molecule has 1 aromatic rings. The average molecular weight is 252 g/mol. The average Bonchev–Trinajstić information content (AvgIpc) is 2.72. The number of H-pyrrole nitrogens is 1. The second-order valence-corrected chi connectivity index (χ2v) is 4.61. The van der Waals surface area contributed by atoms with Crippen molar-refractivity contribution in [2.45, 2.75) is 45.1 Å². The van der Waals surface area contributed by atoms with Crippen molar-refractivity contribution < 1.29 is 9.72 Å². The third-order valence-corrected chi connectivity index (χ3v) is 3.25. The van der Waals surface area contributed by atoms with E-state index < -0.39 is 10.8 Å². The molecule has 1 heterocycles. The van der Waals surface area contributed by atoms with Gasteiger partial charge in [0.25, 0.3) is 5.91 Å². The lowest BCUT2D eigenvalue weighted by Gasteiger charge is -2.22. The number of aryl methyl sites for hydroxylation is 1. The maximum Gasteiger partial charge on any atom is 0.322 e. The van der Waals surface area contributed by atoms with E-state index in [2.05, 4.69) is 15.5 Å². The highest BCUT2D eigenvalue weighted by molar-refractivity contribution is 5.96. The molecule has 0 spiro atoms. The lowest BCUT2D eigenvalue weighted by atomic mass is 9.95. The van der Waals surface area contributed by atoms with Crippen LogP contribution in [0, 0.1) is 17.0 Å². The first-order chi connectivity index (χ1) is 8.59. The summed E-state index contributed by atoms with van der Waals surface area (Å²) in [5.74, 6) is -0.460. The van der Waals surface area contributed by atoms with Gasteiger partial charge in [0.1, 0.15) is 5.69 Å². The molecule has 0 atom stereocenters. The predicted octanol–water partition coefficient (Wildman–Crippen LogP) is 1.69. The maximum atomic E-state index is 12.0. The number of aromatic amines is 1. The Hall–Kier alpha value is -1.92. The van der Waals surface area contributed by atoms with Crippen molar-refractivity contribution >= 4 is 11.6 Å². The third-order valence-electron chi connectivity index (χ3n) is 3.25. The molecule has 0 bridgehead atoms. The predicted molar refractivity (Wildman–Crippen MR) is 64.3 cm³/mol. The zero-order chi connectivity index (χ0) is 13.1. The van der Waals surface area contributed by atoms with Crippen molar-refractivity contribution in [1.29, 1.82) is 0 Å². The van der Waals surface area contributed by atoms with Crippen molar-refractivity contribution in [3.8, 4) is 0 Å². The van der Waals surface area contributed by atoms with Crippen LogP contribution >= 0.6 is 0 Å². The number of amides is 1. The SMILES string of the molecule is Cc1[nH]nc(C(=O)NC2CCCCC2)c1[N+](=O)[O-]. The topological polar surface area (TPSA) is 101 Å². The summed E-state index contributed by atoms with van der Waals surface area (Å²) in [6.45, 7) is 1.53. The van der Waals surface area contributed by atoms with Gasteiger partial charge in [-0.25, -0.2) is 0 Å². The Kier molecular flexibility index (Phi) is 3.59. The van der Waals surface area contributed by atoms with Crippen molar-refractivity contribution in [2.24, 2.45) is 0 Å². The van der Waals surface area contributed by atoms with Crippen molar-refractivity contribution in [2.75, 3.05) is 0 Å². The van der Waals surface area contributed by atoms with E-state index in [1.807, 2.05) is 0 Å². The van der Waals surface area contributed by atoms with E-state index in [-0.39, 0.29) is 17.4 Å². The summed E-state index contributed by atoms with van der Waals surface area (Å²) < 4.78 is 0. The highest BCUT2D eigenvalue weighted by atomic mass is 16.6. The molecule has 1 aliphatic carbocycles. The van der Waals surface area contributed by atoms with Gasteiger partial charge in [-0.1, -0.05) is 19.3 Å². The quantitative estimate of drug-likeness (QED) is 0.631. The fraction of sp³-hybridized carbons (Fsp3) is 0.636. The van der Waals surface area contributed by atoms with Crippen LogP contribution in [0.15, 0.2) is 0 Å².